The molecule has 1 aromatic carbocycles. The van der Waals surface area contributed by atoms with Gasteiger partial charge in [-0.15, -0.1) is 11.6 Å². The molecule has 20 heavy (non-hydrogen) atoms. The largest absolute Gasteiger partial charge is 0.388 e. The maximum absolute atomic E-state index is 9.88. The number of rotatable bonds is 1. The third-order valence-corrected chi connectivity index (χ3v) is 4.65. The van der Waals surface area contributed by atoms with Crippen molar-refractivity contribution in [3.8, 4) is 6.07 Å². The number of benzene rings is 1. The molecule has 2 N–H and O–H groups in total. The fraction of sp³-hybridized carbons (Fsp3) is 0.562. The Balaban J connectivity index is 0.000000149. The van der Waals surface area contributed by atoms with Crippen molar-refractivity contribution in [2.75, 3.05) is 13.1 Å². The van der Waals surface area contributed by atoms with E-state index in [1.807, 2.05) is 6.07 Å². The number of nitriles is 1. The van der Waals surface area contributed by atoms with Gasteiger partial charge in [0.15, 0.2) is 0 Å². The van der Waals surface area contributed by atoms with Crippen LogP contribution in [0.4, 0.5) is 0 Å². The molecule has 0 saturated carbocycles. The Labute approximate surface area is 125 Å². The van der Waals surface area contributed by atoms with Gasteiger partial charge in [-0.3, -0.25) is 0 Å². The molecule has 1 saturated heterocycles. The molecule has 1 aliphatic heterocycles. The molecule has 3 rings (SSSR count). The van der Waals surface area contributed by atoms with Gasteiger partial charge in [0.2, 0.25) is 0 Å². The molecule has 3 nitrogen and oxygen atoms in total. The zero-order valence-corrected chi connectivity index (χ0v) is 12.5. The summed E-state index contributed by atoms with van der Waals surface area (Å²) < 4.78 is 0. The number of nitrogens with zero attached hydrogens (tertiary/aromatic N) is 1. The van der Waals surface area contributed by atoms with Crippen LogP contribution in [0.1, 0.15) is 36.3 Å². The first-order chi connectivity index (χ1) is 9.57. The van der Waals surface area contributed by atoms with E-state index in [0.717, 1.165) is 19.5 Å². The van der Waals surface area contributed by atoms with Gasteiger partial charge in [-0.05, 0) is 50.4 Å². The molecule has 0 spiro atoms. The fourth-order valence-corrected chi connectivity index (χ4v) is 2.99. The van der Waals surface area contributed by atoms with E-state index in [1.54, 1.807) is 6.92 Å². The predicted molar refractivity (Wildman–Crippen MR) is 80.6 cm³/mol. The third-order valence-electron chi connectivity index (χ3n) is 4.26. The topological polar surface area (TPSA) is 56.0 Å². The zero-order chi connectivity index (χ0) is 14.6. The van der Waals surface area contributed by atoms with E-state index in [4.69, 9.17) is 16.9 Å². The molecular weight excluding hydrogens is 272 g/mol. The molecule has 0 bridgehead atoms. The molecule has 108 valence electrons. The van der Waals surface area contributed by atoms with Crippen molar-refractivity contribution in [3.63, 3.8) is 0 Å². The Bertz CT molecular complexity index is 491. The van der Waals surface area contributed by atoms with Crippen molar-refractivity contribution in [3.05, 3.63) is 35.4 Å². The van der Waals surface area contributed by atoms with Gasteiger partial charge in [0, 0.05) is 0 Å². The van der Waals surface area contributed by atoms with Crippen LogP contribution in [0, 0.1) is 17.2 Å². The fourth-order valence-electron chi connectivity index (χ4n) is 2.61. The van der Waals surface area contributed by atoms with Crippen LogP contribution in [0.15, 0.2) is 24.3 Å². The highest BCUT2D eigenvalue weighted by Crippen LogP contribution is 2.37. The quantitative estimate of drug-likeness (QED) is 0.783. The van der Waals surface area contributed by atoms with Crippen molar-refractivity contribution >= 4 is 11.6 Å². The summed E-state index contributed by atoms with van der Waals surface area (Å²) in [5.74, 6) is -0.246. The van der Waals surface area contributed by atoms with Crippen LogP contribution in [0.2, 0.25) is 0 Å². The van der Waals surface area contributed by atoms with Crippen LogP contribution in [-0.2, 0) is 6.42 Å². The summed E-state index contributed by atoms with van der Waals surface area (Å²) in [7, 11) is 0. The highest BCUT2D eigenvalue weighted by molar-refractivity contribution is 6.22. The van der Waals surface area contributed by atoms with Gasteiger partial charge < -0.3 is 10.4 Å². The highest BCUT2D eigenvalue weighted by atomic mass is 35.5. The molecule has 0 amide bonds. The first-order valence-electron chi connectivity index (χ1n) is 7.11. The lowest BCUT2D eigenvalue weighted by Gasteiger charge is -2.34. The number of aliphatic hydroxyl groups is 1. The molecule has 4 heteroatoms. The number of hydrogen-bond acceptors (Lipinski definition) is 3. The van der Waals surface area contributed by atoms with Crippen molar-refractivity contribution in [2.24, 2.45) is 5.92 Å². The Hall–Kier alpha value is -1.08. The second kappa shape index (κ2) is 6.58. The van der Waals surface area contributed by atoms with E-state index in [-0.39, 0.29) is 5.92 Å². The number of piperidine rings is 1. The number of halogens is 1. The SMILES string of the molecule is CC(C#N)C1(O)CCNCC1.ClC1Cc2ccccc21. The van der Waals surface area contributed by atoms with E-state index in [2.05, 4.69) is 29.6 Å². The summed E-state index contributed by atoms with van der Waals surface area (Å²) in [6.07, 6.45) is 2.45. The minimum atomic E-state index is -0.736. The predicted octanol–water partition coefficient (Wildman–Crippen LogP) is 2.78. The minimum absolute atomic E-state index is 0.246. The molecular formula is C16H21ClN2O. The lowest BCUT2D eigenvalue weighted by Crippen LogP contribution is -2.45. The molecule has 1 heterocycles. The number of alkyl halides is 1. The molecule has 0 radical (unpaired) electrons. The normalized spacial score (nSPS) is 24.2. The molecule has 1 aromatic rings. The first-order valence-corrected chi connectivity index (χ1v) is 7.55. The van der Waals surface area contributed by atoms with Crippen LogP contribution in [0.5, 0.6) is 0 Å². The van der Waals surface area contributed by atoms with Crippen LogP contribution in [0.25, 0.3) is 0 Å². The Kier molecular flexibility index (Phi) is 5.04. The lowest BCUT2D eigenvalue weighted by molar-refractivity contribution is -0.0189. The maximum atomic E-state index is 9.88. The van der Waals surface area contributed by atoms with Gasteiger partial charge in [-0.25, -0.2) is 0 Å². The average molecular weight is 293 g/mol. The van der Waals surface area contributed by atoms with Crippen molar-refractivity contribution in [2.45, 2.75) is 37.2 Å². The van der Waals surface area contributed by atoms with E-state index in [9.17, 15) is 5.11 Å². The van der Waals surface area contributed by atoms with Crippen LogP contribution in [0.3, 0.4) is 0 Å². The number of hydrogen-bond donors (Lipinski definition) is 2. The Morgan fingerprint density at radius 1 is 1.40 bits per heavy atom. The standard InChI is InChI=1S/C8H7Cl.C8H14N2O/c9-8-5-6-3-1-2-4-7(6)8;1-7(6-9)8(11)2-4-10-5-3-8/h1-4,8H,5H2;7,10-11H,2-5H2,1H3. The second-order valence-electron chi connectivity index (χ2n) is 5.57. The molecule has 1 aliphatic carbocycles. The van der Waals surface area contributed by atoms with Crippen LogP contribution in [-0.4, -0.2) is 23.8 Å². The summed E-state index contributed by atoms with van der Waals surface area (Å²) >= 11 is 5.88. The van der Waals surface area contributed by atoms with E-state index in [1.165, 1.54) is 11.1 Å². The monoisotopic (exact) mass is 292 g/mol. The average Bonchev–Trinajstić information content (AvgIpc) is 2.47. The van der Waals surface area contributed by atoms with E-state index < -0.39 is 5.60 Å². The molecule has 2 unspecified atom stereocenters. The summed E-state index contributed by atoms with van der Waals surface area (Å²) in [5, 5.41) is 21.9. The molecule has 1 fully saturated rings. The van der Waals surface area contributed by atoms with Gasteiger partial charge in [-0.1, -0.05) is 24.3 Å². The van der Waals surface area contributed by atoms with Gasteiger partial charge in [0.05, 0.1) is 23.0 Å². The summed E-state index contributed by atoms with van der Waals surface area (Å²) in [6.45, 7) is 3.43. The summed E-state index contributed by atoms with van der Waals surface area (Å²) in [6, 6.07) is 10.4. The minimum Gasteiger partial charge on any atom is -0.388 e. The first kappa shape index (κ1) is 15.3. The molecule has 2 aliphatic rings. The third kappa shape index (κ3) is 3.32. The maximum Gasteiger partial charge on any atom is 0.0826 e. The molecule has 2 atom stereocenters. The van der Waals surface area contributed by atoms with Gasteiger partial charge >= 0.3 is 0 Å². The summed E-state index contributed by atoms with van der Waals surface area (Å²) in [4.78, 5) is 0. The van der Waals surface area contributed by atoms with Crippen molar-refractivity contribution < 1.29 is 5.11 Å². The zero-order valence-electron chi connectivity index (χ0n) is 11.8. The number of nitrogens with one attached hydrogen (secondary N) is 1. The number of fused-ring (bicyclic) bond motifs is 1. The van der Waals surface area contributed by atoms with Gasteiger partial charge in [0.1, 0.15) is 0 Å². The van der Waals surface area contributed by atoms with Crippen molar-refractivity contribution in [1.82, 2.24) is 5.32 Å². The second-order valence-corrected chi connectivity index (χ2v) is 6.10. The highest BCUT2D eigenvalue weighted by Gasteiger charge is 2.34. The smallest absolute Gasteiger partial charge is 0.0826 e. The molecule has 0 aromatic heterocycles. The van der Waals surface area contributed by atoms with Crippen molar-refractivity contribution in [1.29, 1.82) is 5.26 Å². The van der Waals surface area contributed by atoms with Gasteiger partial charge in [-0.2, -0.15) is 5.26 Å². The van der Waals surface area contributed by atoms with E-state index in [0.29, 0.717) is 18.2 Å². The lowest BCUT2D eigenvalue weighted by atomic mass is 9.82. The Morgan fingerprint density at radius 2 is 2.05 bits per heavy atom. The van der Waals surface area contributed by atoms with Crippen LogP contribution >= 0.6 is 11.6 Å². The summed E-state index contributed by atoms with van der Waals surface area (Å²) in [5.41, 5.74) is 2.00. The van der Waals surface area contributed by atoms with Gasteiger partial charge in [0.25, 0.3) is 0 Å². The Morgan fingerprint density at radius 3 is 2.55 bits per heavy atom. The van der Waals surface area contributed by atoms with E-state index >= 15 is 0 Å². The van der Waals surface area contributed by atoms with Crippen LogP contribution < -0.4 is 5.32 Å².